The summed E-state index contributed by atoms with van der Waals surface area (Å²) in [4.78, 5) is 9.40. The molecule has 0 fully saturated rings. The van der Waals surface area contributed by atoms with Crippen LogP contribution in [0.3, 0.4) is 0 Å². The second kappa shape index (κ2) is 4.70. The maximum Gasteiger partial charge on any atom is 0.223 e. The highest BCUT2D eigenvalue weighted by molar-refractivity contribution is 7.99. The van der Waals surface area contributed by atoms with Gasteiger partial charge in [0.05, 0.1) is 5.39 Å². The van der Waals surface area contributed by atoms with Crippen LogP contribution in [0, 0.1) is 0 Å². The topological polar surface area (TPSA) is 63.8 Å². The fourth-order valence-corrected chi connectivity index (χ4v) is 2.36. The average Bonchev–Trinajstić information content (AvgIpc) is 2.73. The maximum absolute atomic E-state index is 5.69. The highest BCUT2D eigenvalue weighted by Crippen LogP contribution is 2.27. The zero-order valence-electron chi connectivity index (χ0n) is 10.2. The van der Waals surface area contributed by atoms with Gasteiger partial charge in [-0.2, -0.15) is 16.7 Å². The summed E-state index contributed by atoms with van der Waals surface area (Å²) in [5.41, 5.74) is 5.69. The number of nitrogens with two attached hydrogens (primary N) is 1. The van der Waals surface area contributed by atoms with Crippen LogP contribution in [0.4, 0.5) is 11.8 Å². The van der Waals surface area contributed by atoms with Crippen molar-refractivity contribution in [3.63, 3.8) is 0 Å². The molecular formula is C11H16N4S2. The summed E-state index contributed by atoms with van der Waals surface area (Å²) in [6, 6.07) is 2.02. The lowest BCUT2D eigenvalue weighted by Gasteiger charge is -2.22. The van der Waals surface area contributed by atoms with Gasteiger partial charge in [0.1, 0.15) is 10.6 Å². The van der Waals surface area contributed by atoms with Crippen LogP contribution in [-0.4, -0.2) is 27.5 Å². The van der Waals surface area contributed by atoms with Gasteiger partial charge < -0.3 is 11.1 Å². The number of anilines is 2. The number of hydrogen-bond donors (Lipinski definition) is 2. The van der Waals surface area contributed by atoms with E-state index in [0.29, 0.717) is 5.95 Å². The molecule has 0 aliphatic carbocycles. The first-order chi connectivity index (χ1) is 8.02. The van der Waals surface area contributed by atoms with Gasteiger partial charge in [-0.3, -0.25) is 0 Å². The van der Waals surface area contributed by atoms with Gasteiger partial charge in [-0.15, -0.1) is 11.3 Å². The molecule has 0 saturated heterocycles. The van der Waals surface area contributed by atoms with Crippen molar-refractivity contribution < 1.29 is 0 Å². The molecule has 0 radical (unpaired) electrons. The van der Waals surface area contributed by atoms with Crippen molar-refractivity contribution in [1.29, 1.82) is 0 Å². The predicted octanol–water partition coefficient (Wildman–Crippen LogP) is 2.83. The van der Waals surface area contributed by atoms with Crippen LogP contribution in [0.5, 0.6) is 0 Å². The van der Waals surface area contributed by atoms with Gasteiger partial charge in [0.25, 0.3) is 0 Å². The summed E-state index contributed by atoms with van der Waals surface area (Å²) < 4.78 is 0.169. The van der Waals surface area contributed by atoms with E-state index in [1.807, 2.05) is 23.2 Å². The average molecular weight is 268 g/mol. The molecule has 0 aliphatic heterocycles. The van der Waals surface area contributed by atoms with Crippen LogP contribution in [0.1, 0.15) is 13.8 Å². The minimum Gasteiger partial charge on any atom is -0.368 e. The van der Waals surface area contributed by atoms with Crippen molar-refractivity contribution in [2.45, 2.75) is 18.6 Å². The van der Waals surface area contributed by atoms with E-state index in [4.69, 9.17) is 5.73 Å². The molecule has 2 aromatic rings. The molecule has 0 bridgehead atoms. The van der Waals surface area contributed by atoms with Crippen molar-refractivity contribution in [2.75, 3.05) is 23.9 Å². The molecule has 0 unspecified atom stereocenters. The number of thiophene rings is 1. The van der Waals surface area contributed by atoms with Gasteiger partial charge in [0, 0.05) is 11.3 Å². The van der Waals surface area contributed by atoms with Crippen LogP contribution in [0.15, 0.2) is 11.4 Å². The number of nitrogen functional groups attached to an aromatic ring is 1. The van der Waals surface area contributed by atoms with Crippen LogP contribution < -0.4 is 11.1 Å². The van der Waals surface area contributed by atoms with Crippen molar-refractivity contribution in [3.8, 4) is 0 Å². The van der Waals surface area contributed by atoms with Gasteiger partial charge in [-0.25, -0.2) is 4.98 Å². The number of thioether (sulfide) groups is 1. The molecule has 2 rings (SSSR count). The first-order valence-corrected chi connectivity index (χ1v) is 7.42. The Morgan fingerprint density at radius 2 is 2.24 bits per heavy atom. The van der Waals surface area contributed by atoms with Crippen molar-refractivity contribution in [2.24, 2.45) is 0 Å². The summed E-state index contributed by atoms with van der Waals surface area (Å²) in [7, 11) is 0. The molecule has 0 aliphatic rings. The standard InChI is InChI=1S/C11H16N4S2/c1-11(2,16-3)6-13-8-7-4-5-17-9(7)15-10(12)14-8/h4-5H,6H2,1-3H3,(H3,12,13,14,15). The lowest BCUT2D eigenvalue weighted by atomic mass is 10.2. The normalized spacial score (nSPS) is 11.9. The van der Waals surface area contributed by atoms with E-state index in [-0.39, 0.29) is 4.75 Å². The largest absolute Gasteiger partial charge is 0.368 e. The number of nitrogens with one attached hydrogen (secondary N) is 1. The van der Waals surface area contributed by atoms with Crippen LogP contribution >= 0.6 is 23.1 Å². The molecule has 17 heavy (non-hydrogen) atoms. The summed E-state index contributed by atoms with van der Waals surface area (Å²) in [6.07, 6.45) is 2.11. The fourth-order valence-electron chi connectivity index (χ4n) is 1.38. The Kier molecular flexibility index (Phi) is 3.44. The molecule has 92 valence electrons. The van der Waals surface area contributed by atoms with E-state index in [0.717, 1.165) is 22.6 Å². The number of fused-ring (bicyclic) bond motifs is 1. The number of rotatable bonds is 4. The zero-order valence-corrected chi connectivity index (χ0v) is 11.8. The van der Waals surface area contributed by atoms with Crippen LogP contribution in [0.25, 0.3) is 10.2 Å². The molecule has 4 nitrogen and oxygen atoms in total. The molecule has 2 heterocycles. The Morgan fingerprint density at radius 3 is 2.94 bits per heavy atom. The molecule has 0 spiro atoms. The van der Waals surface area contributed by atoms with E-state index in [1.165, 1.54) is 0 Å². The Bertz CT molecular complexity index is 521. The summed E-state index contributed by atoms with van der Waals surface area (Å²) >= 11 is 3.40. The third-order valence-corrected chi connectivity index (χ3v) is 4.63. The lowest BCUT2D eigenvalue weighted by Crippen LogP contribution is -2.26. The molecule has 3 N–H and O–H groups in total. The second-order valence-electron chi connectivity index (χ2n) is 4.39. The summed E-state index contributed by atoms with van der Waals surface area (Å²) in [5, 5.41) is 6.41. The SMILES string of the molecule is CSC(C)(C)CNc1nc(N)nc2sccc12. The zero-order chi connectivity index (χ0) is 12.5. The van der Waals surface area contributed by atoms with Gasteiger partial charge in [-0.1, -0.05) is 0 Å². The van der Waals surface area contributed by atoms with E-state index >= 15 is 0 Å². The Morgan fingerprint density at radius 1 is 1.47 bits per heavy atom. The van der Waals surface area contributed by atoms with Crippen molar-refractivity contribution in [3.05, 3.63) is 11.4 Å². The highest BCUT2D eigenvalue weighted by atomic mass is 32.2. The first kappa shape index (κ1) is 12.4. The third-order valence-electron chi connectivity index (χ3n) is 2.58. The van der Waals surface area contributed by atoms with Crippen LogP contribution in [0.2, 0.25) is 0 Å². The molecular weight excluding hydrogens is 252 g/mol. The Hall–Kier alpha value is -1.01. The number of aromatic nitrogens is 2. The maximum atomic E-state index is 5.69. The van der Waals surface area contributed by atoms with Crippen LogP contribution in [-0.2, 0) is 0 Å². The van der Waals surface area contributed by atoms with E-state index < -0.39 is 0 Å². The number of nitrogens with zero attached hydrogens (tertiary/aromatic N) is 2. The monoisotopic (exact) mass is 268 g/mol. The van der Waals surface area contributed by atoms with Gasteiger partial charge in [0.15, 0.2) is 0 Å². The third kappa shape index (κ3) is 2.81. The summed E-state index contributed by atoms with van der Waals surface area (Å²) in [6.45, 7) is 5.23. The lowest BCUT2D eigenvalue weighted by molar-refractivity contribution is 0.751. The predicted molar refractivity (Wildman–Crippen MR) is 77.9 cm³/mol. The van der Waals surface area contributed by atoms with Gasteiger partial charge >= 0.3 is 0 Å². The van der Waals surface area contributed by atoms with E-state index in [1.54, 1.807) is 11.3 Å². The van der Waals surface area contributed by atoms with Crippen molar-refractivity contribution in [1.82, 2.24) is 9.97 Å². The first-order valence-electron chi connectivity index (χ1n) is 5.31. The molecule has 0 aromatic carbocycles. The second-order valence-corrected chi connectivity index (χ2v) is 6.80. The Labute approximate surface area is 109 Å². The fraction of sp³-hybridized carbons (Fsp3) is 0.455. The van der Waals surface area contributed by atoms with Crippen molar-refractivity contribution >= 4 is 45.1 Å². The smallest absolute Gasteiger partial charge is 0.223 e. The highest BCUT2D eigenvalue weighted by Gasteiger charge is 2.17. The quantitative estimate of drug-likeness (QED) is 0.892. The van der Waals surface area contributed by atoms with E-state index in [2.05, 4.69) is 35.4 Å². The van der Waals surface area contributed by atoms with Gasteiger partial charge in [0.2, 0.25) is 5.95 Å². The van der Waals surface area contributed by atoms with E-state index in [9.17, 15) is 0 Å². The molecule has 0 amide bonds. The molecule has 0 saturated carbocycles. The molecule has 2 aromatic heterocycles. The molecule has 6 heteroatoms. The Balaban J connectivity index is 2.26. The summed E-state index contributed by atoms with van der Waals surface area (Å²) in [5.74, 6) is 1.15. The number of hydrogen-bond acceptors (Lipinski definition) is 6. The molecule has 0 atom stereocenters. The minimum absolute atomic E-state index is 0.169. The van der Waals surface area contributed by atoms with Gasteiger partial charge in [-0.05, 0) is 31.5 Å². The minimum atomic E-state index is 0.169.